The SMILES string of the molecule is C#CCOCCOCCNCCOCCN1C(=O)C=CC1=O. The molecular weight excluding hydrogens is 288 g/mol. The van der Waals surface area contributed by atoms with Gasteiger partial charge in [0.2, 0.25) is 0 Å². The molecule has 1 aliphatic rings. The molecule has 0 aromatic rings. The number of ether oxygens (including phenoxy) is 3. The number of carbonyl (C=O) groups excluding carboxylic acids is 2. The standard InChI is InChI=1S/C15H22N2O5/c1-2-8-20-12-13-22-10-6-16-5-9-21-11-7-17-14(18)3-4-15(17)19/h1,3-4,16H,5-13H2. The van der Waals surface area contributed by atoms with Crippen LogP contribution in [0.5, 0.6) is 0 Å². The lowest BCUT2D eigenvalue weighted by atomic mass is 10.5. The van der Waals surface area contributed by atoms with Crippen LogP contribution in [0.1, 0.15) is 0 Å². The molecule has 7 heteroatoms. The third kappa shape index (κ3) is 7.90. The summed E-state index contributed by atoms with van der Waals surface area (Å²) in [6.45, 7) is 4.43. The number of hydrogen-bond acceptors (Lipinski definition) is 6. The zero-order valence-corrected chi connectivity index (χ0v) is 12.6. The van der Waals surface area contributed by atoms with Crippen molar-refractivity contribution < 1.29 is 23.8 Å². The number of imide groups is 1. The van der Waals surface area contributed by atoms with Gasteiger partial charge in [0.05, 0.1) is 39.6 Å². The molecule has 0 aromatic heterocycles. The topological polar surface area (TPSA) is 77.1 Å². The fourth-order valence-corrected chi connectivity index (χ4v) is 1.67. The van der Waals surface area contributed by atoms with Crippen LogP contribution in [-0.4, -0.2) is 76.0 Å². The van der Waals surface area contributed by atoms with Crippen molar-refractivity contribution in [1.29, 1.82) is 0 Å². The highest BCUT2D eigenvalue weighted by molar-refractivity contribution is 6.12. The molecule has 0 fully saturated rings. The second-order valence-electron chi connectivity index (χ2n) is 4.39. The van der Waals surface area contributed by atoms with Gasteiger partial charge in [0, 0.05) is 25.2 Å². The van der Waals surface area contributed by atoms with Gasteiger partial charge in [0.1, 0.15) is 6.61 Å². The number of amides is 2. The van der Waals surface area contributed by atoms with Gasteiger partial charge in [-0.15, -0.1) is 6.42 Å². The van der Waals surface area contributed by atoms with Gasteiger partial charge in [0.25, 0.3) is 11.8 Å². The van der Waals surface area contributed by atoms with E-state index in [1.165, 1.54) is 12.2 Å². The van der Waals surface area contributed by atoms with Gasteiger partial charge in [-0.05, 0) is 0 Å². The summed E-state index contributed by atoms with van der Waals surface area (Å²) in [5, 5.41) is 3.15. The molecule has 0 saturated heterocycles. The maximum atomic E-state index is 11.3. The average Bonchev–Trinajstić information content (AvgIpc) is 2.83. The molecule has 0 aromatic carbocycles. The van der Waals surface area contributed by atoms with E-state index in [2.05, 4.69) is 11.2 Å². The zero-order valence-electron chi connectivity index (χ0n) is 12.6. The normalized spacial score (nSPS) is 13.9. The molecule has 1 aliphatic heterocycles. The van der Waals surface area contributed by atoms with E-state index in [0.29, 0.717) is 52.7 Å². The Hall–Kier alpha value is -1.72. The molecule has 22 heavy (non-hydrogen) atoms. The predicted octanol–water partition coefficient (Wildman–Crippen LogP) is -0.816. The first-order chi connectivity index (χ1) is 10.8. The monoisotopic (exact) mass is 310 g/mol. The Morgan fingerprint density at radius 3 is 2.18 bits per heavy atom. The molecule has 0 radical (unpaired) electrons. The number of terminal acetylenes is 1. The minimum Gasteiger partial charge on any atom is -0.378 e. The Labute approximate surface area is 130 Å². The number of rotatable bonds is 13. The summed E-state index contributed by atoms with van der Waals surface area (Å²) in [5.74, 6) is 1.81. The molecule has 0 atom stereocenters. The van der Waals surface area contributed by atoms with Crippen LogP contribution in [0.2, 0.25) is 0 Å². The van der Waals surface area contributed by atoms with Crippen LogP contribution < -0.4 is 5.32 Å². The molecular formula is C15H22N2O5. The highest BCUT2D eigenvalue weighted by atomic mass is 16.5. The van der Waals surface area contributed by atoms with Crippen LogP contribution in [0.25, 0.3) is 0 Å². The van der Waals surface area contributed by atoms with Crippen molar-refractivity contribution in [2.75, 3.05) is 59.3 Å². The summed E-state index contributed by atoms with van der Waals surface area (Å²) >= 11 is 0. The first-order valence-corrected chi connectivity index (χ1v) is 7.16. The van der Waals surface area contributed by atoms with Crippen molar-refractivity contribution in [2.24, 2.45) is 0 Å². The lowest BCUT2D eigenvalue weighted by molar-refractivity contribution is -0.137. The Morgan fingerprint density at radius 1 is 0.955 bits per heavy atom. The van der Waals surface area contributed by atoms with E-state index in [1.54, 1.807) is 0 Å². The fraction of sp³-hybridized carbons (Fsp3) is 0.600. The van der Waals surface area contributed by atoms with Crippen molar-refractivity contribution >= 4 is 11.8 Å². The van der Waals surface area contributed by atoms with E-state index in [4.69, 9.17) is 20.6 Å². The summed E-state index contributed by atoms with van der Waals surface area (Å²) in [4.78, 5) is 23.7. The zero-order chi connectivity index (χ0) is 16.0. The molecule has 1 heterocycles. The van der Waals surface area contributed by atoms with E-state index in [9.17, 15) is 9.59 Å². The van der Waals surface area contributed by atoms with Crippen LogP contribution in [0.4, 0.5) is 0 Å². The van der Waals surface area contributed by atoms with Gasteiger partial charge in [-0.3, -0.25) is 14.5 Å². The second-order valence-corrected chi connectivity index (χ2v) is 4.39. The summed E-state index contributed by atoms with van der Waals surface area (Å²) < 4.78 is 15.7. The number of hydrogen-bond donors (Lipinski definition) is 1. The van der Waals surface area contributed by atoms with Crippen molar-refractivity contribution in [3.05, 3.63) is 12.2 Å². The third-order valence-corrected chi connectivity index (χ3v) is 2.76. The van der Waals surface area contributed by atoms with E-state index < -0.39 is 0 Å². The molecule has 0 unspecified atom stereocenters. The Balaban J connectivity index is 1.80. The summed E-state index contributed by atoms with van der Waals surface area (Å²) in [6.07, 6.45) is 7.56. The molecule has 0 saturated carbocycles. The first-order valence-electron chi connectivity index (χ1n) is 7.16. The summed E-state index contributed by atoms with van der Waals surface area (Å²) in [6, 6.07) is 0. The van der Waals surface area contributed by atoms with Crippen LogP contribution in [0.15, 0.2) is 12.2 Å². The maximum Gasteiger partial charge on any atom is 0.253 e. The van der Waals surface area contributed by atoms with Crippen LogP contribution in [0, 0.1) is 12.3 Å². The highest BCUT2D eigenvalue weighted by Gasteiger charge is 2.22. The van der Waals surface area contributed by atoms with Gasteiger partial charge in [0.15, 0.2) is 0 Å². The molecule has 2 amide bonds. The maximum absolute atomic E-state index is 11.3. The predicted molar refractivity (Wildman–Crippen MR) is 80.0 cm³/mol. The summed E-state index contributed by atoms with van der Waals surface area (Å²) in [5.41, 5.74) is 0. The van der Waals surface area contributed by atoms with E-state index in [1.807, 2.05) is 0 Å². The van der Waals surface area contributed by atoms with E-state index in [-0.39, 0.29) is 18.4 Å². The quantitative estimate of drug-likeness (QED) is 0.272. The first kappa shape index (κ1) is 18.3. The van der Waals surface area contributed by atoms with Crippen molar-refractivity contribution in [3.8, 4) is 12.3 Å². The van der Waals surface area contributed by atoms with Crippen LogP contribution in [-0.2, 0) is 23.8 Å². The number of carbonyl (C=O) groups is 2. The minimum absolute atomic E-state index is 0.282. The number of nitrogens with zero attached hydrogens (tertiary/aromatic N) is 1. The molecule has 1 N–H and O–H groups in total. The van der Waals surface area contributed by atoms with Gasteiger partial charge < -0.3 is 19.5 Å². The van der Waals surface area contributed by atoms with Crippen molar-refractivity contribution in [2.45, 2.75) is 0 Å². The Bertz CT molecular complexity index is 399. The van der Waals surface area contributed by atoms with Gasteiger partial charge in [-0.1, -0.05) is 5.92 Å². The van der Waals surface area contributed by atoms with Gasteiger partial charge in [-0.25, -0.2) is 0 Å². The van der Waals surface area contributed by atoms with Crippen LogP contribution in [0.3, 0.4) is 0 Å². The highest BCUT2D eigenvalue weighted by Crippen LogP contribution is 2.02. The fourth-order valence-electron chi connectivity index (χ4n) is 1.67. The average molecular weight is 310 g/mol. The van der Waals surface area contributed by atoms with Crippen LogP contribution >= 0.6 is 0 Å². The Morgan fingerprint density at radius 2 is 1.55 bits per heavy atom. The second kappa shape index (κ2) is 11.9. The molecule has 0 spiro atoms. The largest absolute Gasteiger partial charge is 0.378 e. The third-order valence-electron chi connectivity index (χ3n) is 2.76. The molecule has 1 rings (SSSR count). The van der Waals surface area contributed by atoms with Crippen molar-refractivity contribution in [3.63, 3.8) is 0 Å². The minimum atomic E-state index is -0.282. The molecule has 7 nitrogen and oxygen atoms in total. The van der Waals surface area contributed by atoms with Crippen molar-refractivity contribution in [1.82, 2.24) is 10.2 Å². The lowest BCUT2D eigenvalue weighted by Gasteiger charge is -2.13. The molecule has 0 bridgehead atoms. The molecule has 0 aliphatic carbocycles. The lowest BCUT2D eigenvalue weighted by Crippen LogP contribution is -2.33. The Kier molecular flexibility index (Phi) is 9.90. The summed E-state index contributed by atoms with van der Waals surface area (Å²) in [7, 11) is 0. The van der Waals surface area contributed by atoms with Gasteiger partial charge >= 0.3 is 0 Å². The van der Waals surface area contributed by atoms with E-state index in [0.717, 1.165) is 4.90 Å². The van der Waals surface area contributed by atoms with Gasteiger partial charge in [-0.2, -0.15) is 0 Å². The molecule has 122 valence electrons. The van der Waals surface area contributed by atoms with E-state index >= 15 is 0 Å². The number of nitrogens with one attached hydrogen (secondary N) is 1. The smallest absolute Gasteiger partial charge is 0.253 e.